The van der Waals surface area contributed by atoms with Crippen LogP contribution in [-0.2, 0) is 0 Å². The first-order chi connectivity index (χ1) is 12.7. The van der Waals surface area contributed by atoms with E-state index in [0.717, 1.165) is 3.57 Å². The normalized spacial score (nSPS) is 12.0. The molecule has 0 fully saturated rings. The zero-order chi connectivity index (χ0) is 20.0. The van der Waals surface area contributed by atoms with E-state index in [1.54, 1.807) is 37.4 Å². The SMILES string of the molecule is COc1ccccc1NC(=S)N[C@H](NC(=O)c1ccccc1I)C(Cl)(Cl)Cl. The summed E-state index contributed by atoms with van der Waals surface area (Å²) in [6.07, 6.45) is -1.07. The van der Waals surface area contributed by atoms with Gasteiger partial charge in [-0.3, -0.25) is 4.79 Å². The zero-order valence-electron chi connectivity index (χ0n) is 13.9. The van der Waals surface area contributed by atoms with Gasteiger partial charge in [-0.1, -0.05) is 59.1 Å². The van der Waals surface area contributed by atoms with Crippen LogP contribution in [0.15, 0.2) is 48.5 Å². The number of para-hydroxylation sites is 2. The quantitative estimate of drug-likeness (QED) is 0.215. The molecule has 0 bridgehead atoms. The molecule has 3 N–H and O–H groups in total. The van der Waals surface area contributed by atoms with Crippen LogP contribution in [0.5, 0.6) is 5.75 Å². The minimum absolute atomic E-state index is 0.152. The minimum Gasteiger partial charge on any atom is -0.495 e. The molecule has 0 aromatic heterocycles. The first kappa shape index (κ1) is 22.3. The number of carbonyl (C=O) groups excluding carboxylic acids is 1. The number of alkyl halides is 3. The maximum atomic E-state index is 12.5. The number of rotatable bonds is 5. The average Bonchev–Trinajstić information content (AvgIpc) is 2.61. The molecule has 2 rings (SSSR count). The van der Waals surface area contributed by atoms with Crippen molar-refractivity contribution in [3.63, 3.8) is 0 Å². The summed E-state index contributed by atoms with van der Waals surface area (Å²) in [4.78, 5) is 12.5. The van der Waals surface area contributed by atoms with E-state index in [9.17, 15) is 4.79 Å². The molecule has 1 atom stereocenters. The Bertz CT molecular complexity index is 833. The summed E-state index contributed by atoms with van der Waals surface area (Å²) < 4.78 is 4.18. The van der Waals surface area contributed by atoms with E-state index < -0.39 is 15.9 Å². The highest BCUT2D eigenvalue weighted by Crippen LogP contribution is 2.30. The minimum atomic E-state index is -1.84. The lowest BCUT2D eigenvalue weighted by molar-refractivity contribution is 0.0933. The van der Waals surface area contributed by atoms with Crippen LogP contribution in [0.25, 0.3) is 0 Å². The fourth-order valence-electron chi connectivity index (χ4n) is 2.09. The smallest absolute Gasteiger partial charge is 0.254 e. The molecule has 2 aromatic carbocycles. The van der Waals surface area contributed by atoms with E-state index in [-0.39, 0.29) is 5.11 Å². The summed E-state index contributed by atoms with van der Waals surface area (Å²) in [5, 5.41) is 8.57. The van der Waals surface area contributed by atoms with Gasteiger partial charge < -0.3 is 20.7 Å². The monoisotopic (exact) mass is 557 g/mol. The fraction of sp³-hybridized carbons (Fsp3) is 0.176. The summed E-state index contributed by atoms with van der Waals surface area (Å²) >= 11 is 25.4. The lowest BCUT2D eigenvalue weighted by Crippen LogP contribution is -2.56. The topological polar surface area (TPSA) is 62.4 Å². The van der Waals surface area contributed by atoms with Gasteiger partial charge in [0.1, 0.15) is 11.9 Å². The van der Waals surface area contributed by atoms with Gasteiger partial charge in [0, 0.05) is 3.57 Å². The predicted molar refractivity (Wildman–Crippen MR) is 123 cm³/mol. The second kappa shape index (κ2) is 9.97. The zero-order valence-corrected chi connectivity index (χ0v) is 19.2. The van der Waals surface area contributed by atoms with Crippen molar-refractivity contribution in [2.24, 2.45) is 0 Å². The van der Waals surface area contributed by atoms with Crippen molar-refractivity contribution >= 4 is 86.3 Å². The van der Waals surface area contributed by atoms with Gasteiger partial charge in [-0.05, 0) is 59.1 Å². The van der Waals surface area contributed by atoms with Gasteiger partial charge in [0.15, 0.2) is 5.11 Å². The first-order valence-corrected chi connectivity index (χ1v) is 10.2. The number of hydrogen-bond donors (Lipinski definition) is 3. The molecule has 0 saturated heterocycles. The molecule has 0 aliphatic rings. The van der Waals surface area contributed by atoms with E-state index in [4.69, 9.17) is 51.8 Å². The Kier molecular flexibility index (Phi) is 8.23. The summed E-state index contributed by atoms with van der Waals surface area (Å²) in [5.41, 5.74) is 1.09. The van der Waals surface area contributed by atoms with Crippen molar-refractivity contribution in [3.05, 3.63) is 57.7 Å². The number of amides is 1. The largest absolute Gasteiger partial charge is 0.495 e. The lowest BCUT2D eigenvalue weighted by Gasteiger charge is -2.28. The number of thiocarbonyl (C=S) groups is 1. The van der Waals surface area contributed by atoms with Crippen LogP contribution in [0.1, 0.15) is 10.4 Å². The Morgan fingerprint density at radius 1 is 1.11 bits per heavy atom. The Labute approximate surface area is 191 Å². The van der Waals surface area contributed by atoms with Crippen molar-refractivity contribution in [1.29, 1.82) is 0 Å². The maximum absolute atomic E-state index is 12.5. The van der Waals surface area contributed by atoms with Gasteiger partial charge in [0.05, 0.1) is 18.4 Å². The van der Waals surface area contributed by atoms with E-state index in [0.29, 0.717) is 17.0 Å². The number of halogens is 4. The molecule has 144 valence electrons. The van der Waals surface area contributed by atoms with Crippen LogP contribution in [0.3, 0.4) is 0 Å². The van der Waals surface area contributed by atoms with E-state index in [1.807, 2.05) is 18.2 Å². The van der Waals surface area contributed by atoms with Crippen LogP contribution in [0, 0.1) is 3.57 Å². The number of ether oxygens (including phenoxy) is 1. The molecule has 5 nitrogen and oxygen atoms in total. The molecule has 0 radical (unpaired) electrons. The van der Waals surface area contributed by atoms with Crippen LogP contribution in [0.4, 0.5) is 5.69 Å². The molecule has 2 aromatic rings. The van der Waals surface area contributed by atoms with Crippen molar-refractivity contribution in [2.45, 2.75) is 9.96 Å². The molecular weight excluding hydrogens is 544 g/mol. The number of anilines is 1. The van der Waals surface area contributed by atoms with Crippen LogP contribution in [-0.4, -0.2) is 28.1 Å². The Hall–Kier alpha value is -1.000. The van der Waals surface area contributed by atoms with Crippen molar-refractivity contribution in [1.82, 2.24) is 10.6 Å². The predicted octanol–water partition coefficient (Wildman–Crippen LogP) is 4.71. The molecule has 0 spiro atoms. The molecule has 0 aliphatic heterocycles. The Balaban J connectivity index is 2.12. The number of hydrogen-bond acceptors (Lipinski definition) is 3. The maximum Gasteiger partial charge on any atom is 0.254 e. The molecular formula is C17H15Cl3IN3O2S. The van der Waals surface area contributed by atoms with Gasteiger partial charge in [0.25, 0.3) is 5.91 Å². The Morgan fingerprint density at radius 3 is 2.37 bits per heavy atom. The number of nitrogens with one attached hydrogen (secondary N) is 3. The lowest BCUT2D eigenvalue weighted by atomic mass is 10.2. The average molecular weight is 559 g/mol. The molecule has 0 unspecified atom stereocenters. The van der Waals surface area contributed by atoms with E-state index in [2.05, 4.69) is 38.5 Å². The highest BCUT2D eigenvalue weighted by molar-refractivity contribution is 14.1. The molecule has 10 heteroatoms. The van der Waals surface area contributed by atoms with Crippen LogP contribution < -0.4 is 20.7 Å². The standard InChI is InChI=1S/C17H15Cl3IN3O2S/c1-26-13-9-5-4-8-12(13)22-16(27)24-15(17(18,19)20)23-14(25)10-6-2-3-7-11(10)21/h2-9,15H,1H3,(H,23,25)(H2,22,24,27)/t15-/m0/s1. The second-order valence-electron chi connectivity index (χ2n) is 5.23. The van der Waals surface area contributed by atoms with E-state index >= 15 is 0 Å². The number of carbonyl (C=O) groups is 1. The number of benzene rings is 2. The molecule has 27 heavy (non-hydrogen) atoms. The number of methoxy groups -OCH3 is 1. The molecule has 0 aliphatic carbocycles. The highest BCUT2D eigenvalue weighted by atomic mass is 127. The van der Waals surface area contributed by atoms with Crippen LogP contribution >= 0.6 is 69.6 Å². The van der Waals surface area contributed by atoms with Crippen LogP contribution in [0.2, 0.25) is 0 Å². The summed E-state index contributed by atoms with van der Waals surface area (Å²) in [7, 11) is 1.54. The molecule has 0 heterocycles. The summed E-state index contributed by atoms with van der Waals surface area (Å²) in [5.74, 6) is 0.193. The molecule has 1 amide bonds. The third-order valence-corrected chi connectivity index (χ3v) is 5.17. The van der Waals surface area contributed by atoms with Crippen molar-refractivity contribution < 1.29 is 9.53 Å². The van der Waals surface area contributed by atoms with Gasteiger partial charge in [-0.25, -0.2) is 0 Å². The van der Waals surface area contributed by atoms with Crippen molar-refractivity contribution in [3.8, 4) is 5.75 Å². The van der Waals surface area contributed by atoms with E-state index in [1.165, 1.54) is 0 Å². The van der Waals surface area contributed by atoms with Gasteiger partial charge in [0.2, 0.25) is 3.79 Å². The third-order valence-electron chi connectivity index (χ3n) is 3.35. The summed E-state index contributed by atoms with van der Waals surface area (Å²) in [6, 6.07) is 14.3. The summed E-state index contributed by atoms with van der Waals surface area (Å²) in [6.45, 7) is 0. The fourth-order valence-corrected chi connectivity index (χ4v) is 3.28. The third kappa shape index (κ3) is 6.53. The van der Waals surface area contributed by atoms with Crippen molar-refractivity contribution in [2.75, 3.05) is 12.4 Å². The highest BCUT2D eigenvalue weighted by Gasteiger charge is 2.35. The second-order valence-corrected chi connectivity index (χ2v) is 9.17. The van der Waals surface area contributed by atoms with Gasteiger partial charge in [-0.2, -0.15) is 0 Å². The van der Waals surface area contributed by atoms with Gasteiger partial charge >= 0.3 is 0 Å². The Morgan fingerprint density at radius 2 is 1.74 bits per heavy atom. The molecule has 0 saturated carbocycles. The van der Waals surface area contributed by atoms with Gasteiger partial charge in [-0.15, -0.1) is 0 Å². The first-order valence-electron chi connectivity index (χ1n) is 7.55.